The minimum absolute atomic E-state index is 0.246. The quantitative estimate of drug-likeness (QED) is 0.470. The van der Waals surface area contributed by atoms with Crippen molar-refractivity contribution in [3.8, 4) is 0 Å². The molecule has 0 bridgehead atoms. The molecule has 0 aromatic carbocycles. The Kier molecular flexibility index (Phi) is 2.69. The molecule has 1 aromatic heterocycles. The number of hydrogen-bond donors (Lipinski definition) is 2. The topological polar surface area (TPSA) is 77.8 Å². The van der Waals surface area contributed by atoms with Gasteiger partial charge in [-0.25, -0.2) is 9.97 Å². The number of thioether (sulfide) groups is 1. The molecule has 76 valence electrons. The highest BCUT2D eigenvalue weighted by molar-refractivity contribution is 7.99. The van der Waals surface area contributed by atoms with Crippen molar-refractivity contribution in [3.63, 3.8) is 0 Å². The van der Waals surface area contributed by atoms with Crippen LogP contribution in [0.2, 0.25) is 5.15 Å². The summed E-state index contributed by atoms with van der Waals surface area (Å²) in [6.07, 6.45) is 2.62. The number of halogens is 1. The molecule has 6 heteroatoms. The first-order valence-corrected chi connectivity index (χ1v) is 5.74. The number of nitrogen functional groups attached to an aromatic ring is 2. The monoisotopic (exact) mass is 230 g/mol. The molecule has 4 nitrogen and oxygen atoms in total. The minimum Gasteiger partial charge on any atom is -0.393 e. The van der Waals surface area contributed by atoms with Gasteiger partial charge in [0.2, 0.25) is 0 Å². The van der Waals surface area contributed by atoms with Crippen LogP contribution in [0.3, 0.4) is 0 Å². The third-order valence-corrected chi connectivity index (χ3v) is 3.42. The van der Waals surface area contributed by atoms with Gasteiger partial charge in [-0.3, -0.25) is 0 Å². The van der Waals surface area contributed by atoms with Crippen LogP contribution in [0.4, 0.5) is 11.5 Å². The van der Waals surface area contributed by atoms with Gasteiger partial charge in [0.1, 0.15) is 5.69 Å². The van der Waals surface area contributed by atoms with Crippen molar-refractivity contribution in [1.82, 2.24) is 9.97 Å². The third-order valence-electron chi connectivity index (χ3n) is 2.05. The molecule has 1 saturated carbocycles. The summed E-state index contributed by atoms with van der Waals surface area (Å²) < 4.78 is 0. The molecule has 1 aliphatic rings. The largest absolute Gasteiger partial charge is 0.393 e. The van der Waals surface area contributed by atoms with E-state index >= 15 is 0 Å². The number of anilines is 2. The van der Waals surface area contributed by atoms with Gasteiger partial charge < -0.3 is 11.5 Å². The summed E-state index contributed by atoms with van der Waals surface area (Å²) in [5, 5.41) is 0.865. The van der Waals surface area contributed by atoms with Gasteiger partial charge in [-0.05, 0) is 18.8 Å². The SMILES string of the molecule is Nc1nc(SCC2CC2)nc(Cl)c1N. The van der Waals surface area contributed by atoms with E-state index in [1.165, 1.54) is 12.8 Å². The van der Waals surface area contributed by atoms with Crippen LogP contribution in [0.1, 0.15) is 12.8 Å². The lowest BCUT2D eigenvalue weighted by Crippen LogP contribution is -2.02. The zero-order valence-corrected chi connectivity index (χ0v) is 9.11. The summed E-state index contributed by atoms with van der Waals surface area (Å²) in [5.41, 5.74) is 11.4. The van der Waals surface area contributed by atoms with E-state index in [1.807, 2.05) is 0 Å². The Morgan fingerprint density at radius 2 is 2.07 bits per heavy atom. The first-order chi connectivity index (χ1) is 6.66. The first-order valence-electron chi connectivity index (χ1n) is 4.38. The van der Waals surface area contributed by atoms with Gasteiger partial charge in [-0.15, -0.1) is 0 Å². The maximum absolute atomic E-state index is 5.78. The highest BCUT2D eigenvalue weighted by Gasteiger charge is 2.22. The van der Waals surface area contributed by atoms with Crippen LogP contribution in [-0.2, 0) is 0 Å². The van der Waals surface area contributed by atoms with Gasteiger partial charge in [0.25, 0.3) is 0 Å². The number of rotatable bonds is 3. The third kappa shape index (κ3) is 2.22. The van der Waals surface area contributed by atoms with E-state index in [4.69, 9.17) is 23.1 Å². The van der Waals surface area contributed by atoms with Gasteiger partial charge in [0.15, 0.2) is 16.1 Å². The fraction of sp³-hybridized carbons (Fsp3) is 0.500. The summed E-state index contributed by atoms with van der Waals surface area (Å²) in [6, 6.07) is 0. The van der Waals surface area contributed by atoms with E-state index in [0.717, 1.165) is 11.7 Å². The van der Waals surface area contributed by atoms with Crippen LogP contribution in [0.15, 0.2) is 5.16 Å². The standard InChI is InChI=1S/C8H11ClN4S/c9-6-5(10)7(11)13-8(12-6)14-3-4-1-2-4/h4H,1-3,10H2,(H2,11,12,13). The maximum atomic E-state index is 5.78. The molecular weight excluding hydrogens is 220 g/mol. The molecule has 14 heavy (non-hydrogen) atoms. The Morgan fingerprint density at radius 3 is 2.64 bits per heavy atom. The van der Waals surface area contributed by atoms with Gasteiger partial charge in [-0.2, -0.15) is 0 Å². The zero-order valence-electron chi connectivity index (χ0n) is 7.53. The predicted octanol–water partition coefficient (Wildman–Crippen LogP) is 1.80. The second-order valence-electron chi connectivity index (χ2n) is 3.35. The number of nitrogens with zero attached hydrogens (tertiary/aromatic N) is 2. The van der Waals surface area contributed by atoms with E-state index in [9.17, 15) is 0 Å². The average molecular weight is 231 g/mol. The van der Waals surface area contributed by atoms with Crippen molar-refractivity contribution in [1.29, 1.82) is 0 Å². The normalized spacial score (nSPS) is 15.8. The Morgan fingerprint density at radius 1 is 1.36 bits per heavy atom. The molecule has 0 radical (unpaired) electrons. The van der Waals surface area contributed by atoms with E-state index in [0.29, 0.717) is 5.16 Å². The Bertz CT molecular complexity index is 330. The number of nitrogens with two attached hydrogens (primary N) is 2. The van der Waals surface area contributed by atoms with Crippen molar-refractivity contribution in [2.45, 2.75) is 18.0 Å². The van der Waals surface area contributed by atoms with Crippen molar-refractivity contribution < 1.29 is 0 Å². The molecule has 0 unspecified atom stereocenters. The summed E-state index contributed by atoms with van der Waals surface area (Å²) in [5.74, 6) is 2.13. The Labute approximate surface area is 91.4 Å². The molecule has 1 fully saturated rings. The van der Waals surface area contributed by atoms with Crippen LogP contribution in [0, 0.1) is 5.92 Å². The highest BCUT2D eigenvalue weighted by atomic mass is 35.5. The zero-order chi connectivity index (χ0) is 10.1. The molecule has 1 heterocycles. The summed E-state index contributed by atoms with van der Waals surface area (Å²) >= 11 is 7.37. The van der Waals surface area contributed by atoms with Crippen LogP contribution < -0.4 is 11.5 Å². The van der Waals surface area contributed by atoms with Gasteiger partial charge >= 0.3 is 0 Å². The molecule has 0 spiro atoms. The number of aromatic nitrogens is 2. The molecule has 0 aliphatic heterocycles. The summed E-state index contributed by atoms with van der Waals surface area (Å²) in [7, 11) is 0. The summed E-state index contributed by atoms with van der Waals surface area (Å²) in [4.78, 5) is 8.10. The van der Waals surface area contributed by atoms with Crippen LogP contribution in [0.5, 0.6) is 0 Å². The van der Waals surface area contributed by atoms with Gasteiger partial charge in [-0.1, -0.05) is 23.4 Å². The van der Waals surface area contributed by atoms with Crippen LogP contribution in [-0.4, -0.2) is 15.7 Å². The van der Waals surface area contributed by atoms with Gasteiger partial charge in [0.05, 0.1) is 0 Å². The first kappa shape index (κ1) is 9.86. The van der Waals surface area contributed by atoms with Crippen LogP contribution >= 0.6 is 23.4 Å². The van der Waals surface area contributed by atoms with Crippen molar-refractivity contribution >= 4 is 34.9 Å². The molecule has 0 atom stereocenters. The van der Waals surface area contributed by atoms with Crippen molar-refractivity contribution in [3.05, 3.63) is 5.15 Å². The molecule has 0 amide bonds. The molecule has 4 N–H and O–H groups in total. The second-order valence-corrected chi connectivity index (χ2v) is 4.70. The lowest BCUT2D eigenvalue weighted by molar-refractivity contribution is 0.954. The highest BCUT2D eigenvalue weighted by Crippen LogP contribution is 2.35. The summed E-state index contributed by atoms with van der Waals surface area (Å²) in [6.45, 7) is 0. The molecule has 1 aromatic rings. The van der Waals surface area contributed by atoms with Crippen molar-refractivity contribution in [2.75, 3.05) is 17.2 Å². The lowest BCUT2D eigenvalue weighted by Gasteiger charge is -2.04. The van der Waals surface area contributed by atoms with E-state index in [1.54, 1.807) is 11.8 Å². The lowest BCUT2D eigenvalue weighted by atomic mass is 10.5. The number of hydrogen-bond acceptors (Lipinski definition) is 5. The van der Waals surface area contributed by atoms with E-state index in [-0.39, 0.29) is 16.7 Å². The van der Waals surface area contributed by atoms with Crippen molar-refractivity contribution in [2.24, 2.45) is 5.92 Å². The fourth-order valence-corrected chi connectivity index (χ4v) is 2.24. The predicted molar refractivity (Wildman–Crippen MR) is 59.3 cm³/mol. The molecule has 1 aliphatic carbocycles. The van der Waals surface area contributed by atoms with Crippen LogP contribution in [0.25, 0.3) is 0 Å². The molecule has 0 saturated heterocycles. The molecular formula is C8H11ClN4S. The minimum atomic E-state index is 0.246. The Hall–Kier alpha value is -0.680. The smallest absolute Gasteiger partial charge is 0.191 e. The molecule has 2 rings (SSSR count). The second kappa shape index (κ2) is 3.82. The van der Waals surface area contributed by atoms with E-state index in [2.05, 4.69) is 9.97 Å². The Balaban J connectivity index is 2.08. The average Bonchev–Trinajstić information content (AvgIpc) is 2.94. The van der Waals surface area contributed by atoms with Gasteiger partial charge in [0, 0.05) is 5.75 Å². The van der Waals surface area contributed by atoms with E-state index < -0.39 is 0 Å². The fourth-order valence-electron chi connectivity index (χ4n) is 0.980. The maximum Gasteiger partial charge on any atom is 0.191 e.